The van der Waals surface area contributed by atoms with Gasteiger partial charge in [-0.2, -0.15) is 0 Å². The summed E-state index contributed by atoms with van der Waals surface area (Å²) in [5, 5.41) is 2.18. The molecule has 2 fully saturated rings. The maximum atomic E-state index is 11.6. The average molecular weight is 227 g/mol. The number of carbonyl (C=O) groups is 1. The number of piperidine rings is 1. The van der Waals surface area contributed by atoms with Crippen LogP contribution in [0.3, 0.4) is 0 Å². The van der Waals surface area contributed by atoms with Crippen molar-refractivity contribution in [3.05, 3.63) is 0 Å². The Balaban J connectivity index is 1.89. The van der Waals surface area contributed by atoms with Crippen LogP contribution in [0.1, 0.15) is 26.2 Å². The minimum atomic E-state index is -0.151. The lowest BCUT2D eigenvalue weighted by molar-refractivity contribution is -0.145. The molecule has 0 radical (unpaired) electrons. The van der Waals surface area contributed by atoms with Crippen molar-refractivity contribution in [2.24, 2.45) is 11.7 Å². The Kier molecular flexibility index (Phi) is 3.78. The molecular formula is C11H21N3O2. The number of hydrazine groups is 1. The highest BCUT2D eigenvalue weighted by Crippen LogP contribution is 2.27. The monoisotopic (exact) mass is 227 g/mol. The zero-order valence-electron chi connectivity index (χ0n) is 9.82. The van der Waals surface area contributed by atoms with Gasteiger partial charge in [0.15, 0.2) is 0 Å². The Bertz CT molecular complexity index is 260. The number of ether oxygens (including phenoxy) is 1. The van der Waals surface area contributed by atoms with E-state index in [0.717, 1.165) is 25.9 Å². The lowest BCUT2D eigenvalue weighted by atomic mass is 9.93. The van der Waals surface area contributed by atoms with Crippen LogP contribution in [-0.2, 0) is 9.53 Å². The van der Waals surface area contributed by atoms with Crippen LogP contribution in [0, 0.1) is 5.92 Å². The molecule has 3 N–H and O–H groups in total. The van der Waals surface area contributed by atoms with E-state index in [4.69, 9.17) is 10.5 Å². The minimum absolute atomic E-state index is 0.124. The molecule has 5 nitrogen and oxygen atoms in total. The van der Waals surface area contributed by atoms with Gasteiger partial charge in [-0.3, -0.25) is 4.79 Å². The van der Waals surface area contributed by atoms with Crippen LogP contribution in [0.15, 0.2) is 0 Å². The van der Waals surface area contributed by atoms with E-state index in [9.17, 15) is 4.79 Å². The molecule has 2 saturated heterocycles. The normalized spacial score (nSPS) is 34.8. The SMILES string of the molecule is CCOC(=O)C1CC2CCC(CN)CN2N1. The molecule has 92 valence electrons. The Labute approximate surface area is 96.3 Å². The van der Waals surface area contributed by atoms with Gasteiger partial charge in [0.25, 0.3) is 0 Å². The molecule has 3 unspecified atom stereocenters. The number of nitrogens with zero attached hydrogens (tertiary/aromatic N) is 1. The third-order valence-electron chi connectivity index (χ3n) is 3.54. The number of fused-ring (bicyclic) bond motifs is 1. The number of nitrogens with two attached hydrogens (primary N) is 1. The molecule has 3 atom stereocenters. The Morgan fingerprint density at radius 1 is 1.56 bits per heavy atom. The molecule has 0 aromatic rings. The van der Waals surface area contributed by atoms with Gasteiger partial charge < -0.3 is 10.5 Å². The van der Waals surface area contributed by atoms with Gasteiger partial charge in [0.2, 0.25) is 0 Å². The molecule has 5 heteroatoms. The molecule has 2 aliphatic rings. The van der Waals surface area contributed by atoms with Gasteiger partial charge in [0.1, 0.15) is 6.04 Å². The quantitative estimate of drug-likeness (QED) is 0.657. The van der Waals surface area contributed by atoms with Crippen molar-refractivity contribution in [3.63, 3.8) is 0 Å². The summed E-state index contributed by atoms with van der Waals surface area (Å²) in [4.78, 5) is 11.6. The first-order valence-electron chi connectivity index (χ1n) is 6.14. The Hall–Kier alpha value is -0.650. The second-order valence-electron chi connectivity index (χ2n) is 4.65. The van der Waals surface area contributed by atoms with Gasteiger partial charge in [0.05, 0.1) is 6.61 Å². The van der Waals surface area contributed by atoms with Crippen LogP contribution < -0.4 is 11.2 Å². The number of nitrogens with one attached hydrogen (secondary N) is 1. The fraction of sp³-hybridized carbons (Fsp3) is 0.909. The van der Waals surface area contributed by atoms with E-state index in [0.29, 0.717) is 18.6 Å². The summed E-state index contributed by atoms with van der Waals surface area (Å²) in [5.41, 5.74) is 8.93. The predicted molar refractivity (Wildman–Crippen MR) is 60.4 cm³/mol. The topological polar surface area (TPSA) is 67.6 Å². The molecule has 16 heavy (non-hydrogen) atoms. The number of carbonyl (C=O) groups excluding carboxylic acids is 1. The molecule has 0 bridgehead atoms. The van der Waals surface area contributed by atoms with Crippen molar-refractivity contribution in [1.82, 2.24) is 10.4 Å². The summed E-state index contributed by atoms with van der Waals surface area (Å²) in [6.07, 6.45) is 3.18. The van der Waals surface area contributed by atoms with E-state index >= 15 is 0 Å². The highest BCUT2D eigenvalue weighted by Gasteiger charge is 2.39. The second kappa shape index (κ2) is 5.12. The molecule has 0 aromatic carbocycles. The Morgan fingerprint density at radius 3 is 3.06 bits per heavy atom. The van der Waals surface area contributed by atoms with Crippen molar-refractivity contribution in [1.29, 1.82) is 0 Å². The van der Waals surface area contributed by atoms with Crippen LogP contribution in [-0.4, -0.2) is 42.8 Å². The van der Waals surface area contributed by atoms with Crippen molar-refractivity contribution < 1.29 is 9.53 Å². The summed E-state index contributed by atoms with van der Waals surface area (Å²) in [5.74, 6) is 0.436. The number of esters is 1. The third-order valence-corrected chi connectivity index (χ3v) is 3.54. The maximum Gasteiger partial charge on any atom is 0.324 e. The molecule has 0 aliphatic carbocycles. The molecule has 0 saturated carbocycles. The van der Waals surface area contributed by atoms with Crippen LogP contribution >= 0.6 is 0 Å². The lowest BCUT2D eigenvalue weighted by Crippen LogP contribution is -2.48. The van der Waals surface area contributed by atoms with Crippen LogP contribution in [0.25, 0.3) is 0 Å². The maximum absolute atomic E-state index is 11.6. The van der Waals surface area contributed by atoms with Crippen LogP contribution in [0.4, 0.5) is 0 Å². The lowest BCUT2D eigenvalue weighted by Gasteiger charge is -2.33. The molecule has 2 rings (SSSR count). The summed E-state index contributed by atoms with van der Waals surface area (Å²) in [6.45, 7) is 3.98. The summed E-state index contributed by atoms with van der Waals surface area (Å²) < 4.78 is 5.03. The van der Waals surface area contributed by atoms with E-state index in [1.54, 1.807) is 0 Å². The van der Waals surface area contributed by atoms with Crippen molar-refractivity contribution in [2.45, 2.75) is 38.3 Å². The van der Waals surface area contributed by atoms with E-state index in [-0.39, 0.29) is 12.0 Å². The minimum Gasteiger partial charge on any atom is -0.465 e. The van der Waals surface area contributed by atoms with E-state index in [2.05, 4.69) is 10.4 Å². The summed E-state index contributed by atoms with van der Waals surface area (Å²) in [6, 6.07) is 0.332. The first-order chi connectivity index (χ1) is 7.74. The van der Waals surface area contributed by atoms with Gasteiger partial charge in [-0.1, -0.05) is 0 Å². The molecular weight excluding hydrogens is 206 g/mol. The van der Waals surface area contributed by atoms with Gasteiger partial charge in [-0.05, 0) is 38.6 Å². The van der Waals surface area contributed by atoms with Gasteiger partial charge in [0, 0.05) is 12.6 Å². The van der Waals surface area contributed by atoms with Gasteiger partial charge >= 0.3 is 5.97 Å². The second-order valence-corrected chi connectivity index (χ2v) is 4.65. The number of hydrogen-bond acceptors (Lipinski definition) is 5. The summed E-state index contributed by atoms with van der Waals surface area (Å²) in [7, 11) is 0. The third kappa shape index (κ3) is 2.36. The number of hydrogen-bond donors (Lipinski definition) is 2. The molecule has 0 aromatic heterocycles. The largest absolute Gasteiger partial charge is 0.465 e. The van der Waals surface area contributed by atoms with Crippen molar-refractivity contribution >= 4 is 5.97 Å². The van der Waals surface area contributed by atoms with Crippen molar-refractivity contribution in [2.75, 3.05) is 19.7 Å². The van der Waals surface area contributed by atoms with Gasteiger partial charge in [-0.25, -0.2) is 10.4 Å². The van der Waals surface area contributed by atoms with E-state index in [1.807, 2.05) is 6.92 Å². The molecule has 0 amide bonds. The zero-order valence-corrected chi connectivity index (χ0v) is 9.82. The smallest absolute Gasteiger partial charge is 0.324 e. The Morgan fingerprint density at radius 2 is 2.38 bits per heavy atom. The highest BCUT2D eigenvalue weighted by molar-refractivity contribution is 5.76. The highest BCUT2D eigenvalue weighted by atomic mass is 16.5. The number of rotatable bonds is 3. The fourth-order valence-electron chi connectivity index (χ4n) is 2.61. The first-order valence-corrected chi connectivity index (χ1v) is 6.14. The van der Waals surface area contributed by atoms with E-state index < -0.39 is 0 Å². The predicted octanol–water partition coefficient (Wildman–Crippen LogP) is -0.134. The summed E-state index contributed by atoms with van der Waals surface area (Å²) >= 11 is 0. The van der Waals surface area contributed by atoms with Crippen molar-refractivity contribution in [3.8, 4) is 0 Å². The fourth-order valence-corrected chi connectivity index (χ4v) is 2.61. The zero-order chi connectivity index (χ0) is 11.5. The first kappa shape index (κ1) is 11.8. The standard InChI is InChI=1S/C11H21N3O2/c1-2-16-11(15)10-5-9-4-3-8(6-12)7-14(9)13-10/h8-10,13H,2-7,12H2,1H3. The molecule has 2 heterocycles. The van der Waals surface area contributed by atoms with Crippen LogP contribution in [0.2, 0.25) is 0 Å². The van der Waals surface area contributed by atoms with E-state index in [1.165, 1.54) is 6.42 Å². The van der Waals surface area contributed by atoms with Gasteiger partial charge in [-0.15, -0.1) is 0 Å². The van der Waals surface area contributed by atoms with Crippen LogP contribution in [0.5, 0.6) is 0 Å². The molecule has 2 aliphatic heterocycles. The molecule has 0 spiro atoms. The average Bonchev–Trinajstić information content (AvgIpc) is 2.71.